The van der Waals surface area contributed by atoms with Gasteiger partial charge in [0, 0.05) is 5.56 Å². The fourth-order valence-corrected chi connectivity index (χ4v) is 1.63. The molecule has 1 rings (SSSR count). The first-order valence-electron chi connectivity index (χ1n) is 5.98. The van der Waals surface area contributed by atoms with E-state index in [9.17, 15) is 13.6 Å². The van der Waals surface area contributed by atoms with Gasteiger partial charge in [0.25, 0.3) is 5.92 Å². The summed E-state index contributed by atoms with van der Waals surface area (Å²) in [5.74, 6) is -2.74. The molecule has 0 fully saturated rings. The number of ether oxygens (including phenoxy) is 2. The van der Waals surface area contributed by atoms with Crippen LogP contribution in [0.2, 0.25) is 0 Å². The van der Waals surface area contributed by atoms with Crippen molar-refractivity contribution in [1.29, 1.82) is 0 Å². The van der Waals surface area contributed by atoms with Crippen LogP contribution in [0.5, 0.6) is 11.5 Å². The van der Waals surface area contributed by atoms with Crippen LogP contribution in [0.1, 0.15) is 5.56 Å². The minimum Gasteiger partial charge on any atom is -0.496 e. The number of nitrogens with two attached hydrogens (primary N) is 1. The van der Waals surface area contributed by atoms with E-state index >= 15 is 0 Å². The molecular formula is C13H19ClF2N2O3. The Kier molecular flexibility index (Phi) is 7.98. The summed E-state index contributed by atoms with van der Waals surface area (Å²) in [5.41, 5.74) is 5.40. The molecule has 5 nitrogen and oxygen atoms in total. The van der Waals surface area contributed by atoms with Crippen molar-refractivity contribution in [3.63, 3.8) is 0 Å². The predicted octanol–water partition coefficient (Wildman–Crippen LogP) is 1.38. The fraction of sp³-hybridized carbons (Fsp3) is 0.462. The summed E-state index contributed by atoms with van der Waals surface area (Å²) >= 11 is 0. The third-order valence-corrected chi connectivity index (χ3v) is 2.71. The number of carbonyl (C=O) groups excluding carboxylic acids is 1. The van der Waals surface area contributed by atoms with Gasteiger partial charge in [0.2, 0.25) is 5.91 Å². The Labute approximate surface area is 128 Å². The monoisotopic (exact) mass is 324 g/mol. The molecule has 0 aliphatic carbocycles. The van der Waals surface area contributed by atoms with Crippen LogP contribution in [0.15, 0.2) is 18.2 Å². The van der Waals surface area contributed by atoms with Gasteiger partial charge in [-0.2, -0.15) is 0 Å². The number of hydrogen-bond donors (Lipinski definition) is 2. The summed E-state index contributed by atoms with van der Waals surface area (Å²) in [5, 5.41) is 2.14. The number of methoxy groups -OCH3 is 2. The van der Waals surface area contributed by atoms with Gasteiger partial charge in [0.05, 0.1) is 33.7 Å². The number of hydrogen-bond acceptors (Lipinski definition) is 4. The lowest BCUT2D eigenvalue weighted by Crippen LogP contribution is -2.42. The molecule has 3 N–H and O–H groups in total. The largest absolute Gasteiger partial charge is 0.496 e. The maximum Gasteiger partial charge on any atom is 0.277 e. The molecule has 8 heteroatoms. The number of rotatable bonds is 7. The third kappa shape index (κ3) is 5.73. The number of benzene rings is 1. The highest BCUT2D eigenvalue weighted by atomic mass is 35.5. The average molecular weight is 325 g/mol. The van der Waals surface area contributed by atoms with Crippen molar-refractivity contribution >= 4 is 18.3 Å². The molecule has 0 saturated heterocycles. The molecule has 0 radical (unpaired) electrons. The van der Waals surface area contributed by atoms with E-state index < -0.39 is 24.9 Å². The lowest BCUT2D eigenvalue weighted by Gasteiger charge is -2.16. The first-order valence-corrected chi connectivity index (χ1v) is 5.98. The zero-order chi connectivity index (χ0) is 15.2. The van der Waals surface area contributed by atoms with Crippen LogP contribution in [-0.4, -0.2) is 39.1 Å². The summed E-state index contributed by atoms with van der Waals surface area (Å²) in [6, 6.07) is 5.04. The van der Waals surface area contributed by atoms with Crippen molar-refractivity contribution in [3.05, 3.63) is 23.8 Å². The standard InChI is InChI=1S/C13H18F2N2O3.ClH/c1-19-10-4-3-5-11(20-2)9(10)6-12(18)17-8-13(14,15)7-16;/h3-5H,6-8,16H2,1-2H3,(H,17,18);1H. The molecule has 0 unspecified atom stereocenters. The van der Waals surface area contributed by atoms with Crippen molar-refractivity contribution < 1.29 is 23.0 Å². The summed E-state index contributed by atoms with van der Waals surface area (Å²) < 4.78 is 36.2. The van der Waals surface area contributed by atoms with Gasteiger partial charge < -0.3 is 20.5 Å². The summed E-state index contributed by atoms with van der Waals surface area (Å²) in [4.78, 5) is 11.7. The highest BCUT2D eigenvalue weighted by molar-refractivity contribution is 5.85. The second-order valence-electron chi connectivity index (χ2n) is 4.15. The van der Waals surface area contributed by atoms with Gasteiger partial charge in [-0.3, -0.25) is 4.79 Å². The molecule has 1 amide bonds. The SMILES string of the molecule is COc1cccc(OC)c1CC(=O)NCC(F)(F)CN.Cl. The molecule has 0 aliphatic heterocycles. The average Bonchev–Trinajstić information content (AvgIpc) is 2.45. The molecule has 0 aromatic heterocycles. The summed E-state index contributed by atoms with van der Waals surface area (Å²) in [7, 11) is 2.91. The Morgan fingerprint density at radius 2 is 1.81 bits per heavy atom. The van der Waals surface area contributed by atoms with Gasteiger partial charge in [-0.15, -0.1) is 12.4 Å². The number of amides is 1. The molecule has 0 aliphatic rings. The van der Waals surface area contributed by atoms with E-state index in [1.54, 1.807) is 18.2 Å². The predicted molar refractivity (Wildman–Crippen MR) is 77.5 cm³/mol. The van der Waals surface area contributed by atoms with Crippen molar-refractivity contribution in [2.45, 2.75) is 12.3 Å². The highest BCUT2D eigenvalue weighted by Gasteiger charge is 2.27. The van der Waals surface area contributed by atoms with Crippen molar-refractivity contribution in [1.82, 2.24) is 5.32 Å². The summed E-state index contributed by atoms with van der Waals surface area (Å²) in [6.45, 7) is -1.61. The number of carbonyl (C=O) groups is 1. The van der Waals surface area contributed by atoms with E-state index in [1.807, 2.05) is 0 Å². The van der Waals surface area contributed by atoms with Crippen LogP contribution in [0.4, 0.5) is 8.78 Å². The Morgan fingerprint density at radius 1 is 1.29 bits per heavy atom. The number of alkyl halides is 2. The summed E-state index contributed by atoms with van der Waals surface area (Å²) in [6.07, 6.45) is -0.117. The first-order chi connectivity index (χ1) is 9.43. The fourth-order valence-electron chi connectivity index (χ4n) is 1.63. The van der Waals surface area contributed by atoms with E-state index in [0.717, 1.165) is 0 Å². The number of halogens is 3. The Bertz CT molecular complexity index is 450. The van der Waals surface area contributed by atoms with Gasteiger partial charge in [-0.1, -0.05) is 6.07 Å². The van der Waals surface area contributed by atoms with Gasteiger partial charge in [0.15, 0.2) is 0 Å². The second kappa shape index (κ2) is 8.63. The van der Waals surface area contributed by atoms with Gasteiger partial charge in [-0.25, -0.2) is 8.78 Å². The molecule has 0 spiro atoms. The molecule has 120 valence electrons. The van der Waals surface area contributed by atoms with Gasteiger partial charge >= 0.3 is 0 Å². The van der Waals surface area contributed by atoms with E-state index in [1.165, 1.54) is 14.2 Å². The van der Waals surface area contributed by atoms with Crippen LogP contribution in [0.3, 0.4) is 0 Å². The molecule has 0 heterocycles. The van der Waals surface area contributed by atoms with Crippen LogP contribution in [0, 0.1) is 0 Å². The quantitative estimate of drug-likeness (QED) is 0.794. The van der Waals surface area contributed by atoms with Crippen LogP contribution < -0.4 is 20.5 Å². The normalized spacial score (nSPS) is 10.5. The Hall–Kier alpha value is -1.60. The molecule has 0 bridgehead atoms. The smallest absolute Gasteiger partial charge is 0.277 e. The topological polar surface area (TPSA) is 73.6 Å². The van der Waals surface area contributed by atoms with Crippen LogP contribution in [0.25, 0.3) is 0 Å². The highest BCUT2D eigenvalue weighted by Crippen LogP contribution is 2.28. The maximum atomic E-state index is 13.0. The molecule has 1 aromatic rings. The van der Waals surface area contributed by atoms with Gasteiger partial charge in [-0.05, 0) is 12.1 Å². The molecule has 21 heavy (non-hydrogen) atoms. The molecular weight excluding hydrogens is 306 g/mol. The number of nitrogens with one attached hydrogen (secondary N) is 1. The van der Waals surface area contributed by atoms with Crippen molar-refractivity contribution in [2.24, 2.45) is 5.73 Å². The molecule has 1 aromatic carbocycles. The first kappa shape index (κ1) is 19.4. The maximum absolute atomic E-state index is 13.0. The van der Waals surface area contributed by atoms with E-state index in [4.69, 9.17) is 15.2 Å². The zero-order valence-corrected chi connectivity index (χ0v) is 12.6. The lowest BCUT2D eigenvalue weighted by molar-refractivity contribution is -0.122. The minimum atomic E-state index is -3.11. The Morgan fingerprint density at radius 3 is 2.24 bits per heavy atom. The molecule has 0 saturated carbocycles. The van der Waals surface area contributed by atoms with E-state index in [2.05, 4.69) is 5.32 Å². The Balaban J connectivity index is 0.00000400. The van der Waals surface area contributed by atoms with Gasteiger partial charge in [0.1, 0.15) is 11.5 Å². The van der Waals surface area contributed by atoms with E-state index in [-0.39, 0.29) is 18.8 Å². The third-order valence-electron chi connectivity index (χ3n) is 2.71. The zero-order valence-electron chi connectivity index (χ0n) is 11.8. The van der Waals surface area contributed by atoms with E-state index in [0.29, 0.717) is 17.1 Å². The lowest BCUT2D eigenvalue weighted by atomic mass is 10.1. The van der Waals surface area contributed by atoms with Crippen molar-refractivity contribution in [3.8, 4) is 11.5 Å². The van der Waals surface area contributed by atoms with Crippen LogP contribution >= 0.6 is 12.4 Å². The van der Waals surface area contributed by atoms with Crippen LogP contribution in [-0.2, 0) is 11.2 Å². The molecule has 0 atom stereocenters. The minimum absolute atomic E-state index is 0. The van der Waals surface area contributed by atoms with Crippen molar-refractivity contribution in [2.75, 3.05) is 27.3 Å². The second-order valence-corrected chi connectivity index (χ2v) is 4.15.